The van der Waals surface area contributed by atoms with Crippen molar-refractivity contribution in [3.63, 3.8) is 0 Å². The number of unbranched alkanes of at least 4 members (excludes halogenated alkanes) is 6. The lowest BCUT2D eigenvalue weighted by atomic mass is 9.96. The van der Waals surface area contributed by atoms with Crippen molar-refractivity contribution in [1.29, 1.82) is 0 Å². The van der Waals surface area contributed by atoms with Crippen LogP contribution in [0.2, 0.25) is 0 Å². The molecule has 0 aliphatic carbocycles. The fourth-order valence-electron chi connectivity index (χ4n) is 9.13. The zero-order chi connectivity index (χ0) is 62.4. The predicted molar refractivity (Wildman–Crippen MR) is 304 cm³/mol. The average Bonchev–Trinajstić information content (AvgIpc) is 3.58. The second-order valence-corrected chi connectivity index (χ2v) is 23.3. The number of hydrogen-bond acceptors (Lipinski definition) is 15. The number of rotatable bonds is 30. The molecule has 13 N–H and O–H groups in total. The summed E-state index contributed by atoms with van der Waals surface area (Å²) < 4.78 is 5.85. The molecule has 82 heavy (non-hydrogen) atoms. The Bertz CT molecular complexity index is 2080. The highest BCUT2D eigenvalue weighted by Crippen LogP contribution is 2.18. The number of aliphatic hydroxyl groups is 3. The van der Waals surface area contributed by atoms with Crippen LogP contribution in [0.5, 0.6) is 0 Å². The van der Waals surface area contributed by atoms with Crippen LogP contribution in [0.4, 0.5) is 0 Å². The number of nitrogens with one attached hydrogen (secondary N) is 9. The SMILES string of the molecule is CCCCCCCCCC(O)CC(=O)NC(CC(C)C)C(=O)NC(CCC(=O)O)C(=O)NC1C(=O)NC(C(C)CC)C(=O)NC(CC(C)C)C(=O)NC(CO)C(=O)NC(CC(C)C)C(=O)NC(CO)C(=O)NC(C(C)CC)C(=O)OC1C. The smallest absolute Gasteiger partial charge is 0.329 e. The Kier molecular flexibility index (Phi) is 35.0. The largest absolute Gasteiger partial charge is 0.481 e. The molecule has 1 aliphatic rings. The Morgan fingerprint density at radius 2 is 1.01 bits per heavy atom. The fraction of sp³-hybridized carbons (Fsp3) is 0.807. The molecular weight excluding hydrogens is 1070 g/mol. The fourth-order valence-corrected chi connectivity index (χ4v) is 9.13. The third-order valence-corrected chi connectivity index (χ3v) is 14.4. The molecule has 25 heteroatoms. The molecule has 0 saturated carbocycles. The second kappa shape index (κ2) is 38.8. The predicted octanol–water partition coefficient (Wildman–Crippen LogP) is 1.27. The van der Waals surface area contributed by atoms with E-state index in [1.165, 1.54) is 6.92 Å². The van der Waals surface area contributed by atoms with Crippen molar-refractivity contribution in [3.05, 3.63) is 0 Å². The summed E-state index contributed by atoms with van der Waals surface area (Å²) in [5.41, 5.74) is 0. The molecule has 0 radical (unpaired) electrons. The van der Waals surface area contributed by atoms with Crippen LogP contribution in [0.25, 0.3) is 0 Å². The van der Waals surface area contributed by atoms with Crippen molar-refractivity contribution in [2.75, 3.05) is 13.2 Å². The van der Waals surface area contributed by atoms with Gasteiger partial charge in [0.15, 0.2) is 0 Å². The van der Waals surface area contributed by atoms with E-state index < -0.39 is 170 Å². The number of aliphatic hydroxyl groups excluding tert-OH is 3. The molecule has 0 bridgehead atoms. The third kappa shape index (κ3) is 27.4. The highest BCUT2D eigenvalue weighted by molar-refractivity contribution is 5.99. The third-order valence-electron chi connectivity index (χ3n) is 14.4. The van der Waals surface area contributed by atoms with Gasteiger partial charge in [-0.05, 0) is 68.6 Å². The Morgan fingerprint density at radius 1 is 0.549 bits per heavy atom. The molecule has 1 heterocycles. The maximum atomic E-state index is 14.8. The molecule has 0 aromatic carbocycles. The number of carboxylic acid groups (broad SMARTS) is 1. The maximum absolute atomic E-state index is 14.8. The molecule has 1 fully saturated rings. The van der Waals surface area contributed by atoms with E-state index in [9.17, 15) is 73.2 Å². The molecule has 470 valence electrons. The van der Waals surface area contributed by atoms with Gasteiger partial charge in [0.25, 0.3) is 0 Å². The van der Waals surface area contributed by atoms with Gasteiger partial charge in [0, 0.05) is 6.42 Å². The molecule has 13 atom stereocenters. The molecule has 1 aliphatic heterocycles. The van der Waals surface area contributed by atoms with Gasteiger partial charge < -0.3 is 73.0 Å². The lowest BCUT2D eigenvalue weighted by Gasteiger charge is -2.32. The van der Waals surface area contributed by atoms with Crippen LogP contribution in [0.3, 0.4) is 0 Å². The van der Waals surface area contributed by atoms with Crippen LogP contribution in [-0.2, 0) is 57.5 Å². The zero-order valence-corrected chi connectivity index (χ0v) is 50.7. The van der Waals surface area contributed by atoms with Crippen molar-refractivity contribution in [2.45, 2.75) is 252 Å². The Morgan fingerprint density at radius 3 is 1.50 bits per heavy atom. The minimum atomic E-state index is -1.95. The first-order valence-corrected chi connectivity index (χ1v) is 29.6. The van der Waals surface area contributed by atoms with E-state index >= 15 is 0 Å². The quantitative estimate of drug-likeness (QED) is 0.0356. The number of aliphatic carboxylic acids is 1. The summed E-state index contributed by atoms with van der Waals surface area (Å²) in [7, 11) is 0. The first-order chi connectivity index (χ1) is 38.5. The van der Waals surface area contributed by atoms with Gasteiger partial charge in [-0.1, -0.05) is 134 Å². The summed E-state index contributed by atoms with van der Waals surface area (Å²) in [6.45, 7) is 18.5. The van der Waals surface area contributed by atoms with Gasteiger partial charge in [-0.15, -0.1) is 0 Å². The Labute approximate surface area is 484 Å². The van der Waals surface area contributed by atoms with Crippen molar-refractivity contribution >= 4 is 65.1 Å². The molecule has 0 aromatic heterocycles. The van der Waals surface area contributed by atoms with Gasteiger partial charge >= 0.3 is 11.9 Å². The molecule has 0 aromatic rings. The number of carbonyl (C=O) groups is 11. The first-order valence-electron chi connectivity index (χ1n) is 29.6. The lowest BCUT2D eigenvalue weighted by Crippen LogP contribution is -2.64. The number of hydrogen-bond donors (Lipinski definition) is 13. The van der Waals surface area contributed by atoms with Crippen LogP contribution in [-0.4, -0.2) is 165 Å². The molecule has 1 rings (SSSR count). The average molecular weight is 1170 g/mol. The van der Waals surface area contributed by atoms with Crippen molar-refractivity contribution < 1.29 is 77.9 Å². The highest BCUT2D eigenvalue weighted by atomic mass is 16.5. The van der Waals surface area contributed by atoms with Gasteiger partial charge in [0.2, 0.25) is 53.2 Å². The molecule has 9 amide bonds. The summed E-state index contributed by atoms with van der Waals surface area (Å²) in [5.74, 6) is -13.3. The van der Waals surface area contributed by atoms with E-state index in [1.54, 1.807) is 69.2 Å². The first kappa shape index (κ1) is 74.1. The van der Waals surface area contributed by atoms with Crippen LogP contribution >= 0.6 is 0 Å². The summed E-state index contributed by atoms with van der Waals surface area (Å²) >= 11 is 0. The standard InChI is InChI=1S/C57H101N9O16/c1-13-16-17-18-19-20-21-22-37(69)28-44(70)58-39(25-31(4)5)50(74)59-38(23-24-45(71)72)49(73)66-48-36(12)82-57(81)47(35(11)15-3)65-54(78)43(30-68)63-51(75)40(26-32(6)7)60-53(77)42(29-67)62-52(76)41(27-33(8)9)61-55(79)46(34(10)14-2)64-56(48)80/h31-43,46-48,67-69H,13-30H2,1-12H3,(H,58,70)(H,59,74)(H,60,77)(H,61,79)(H,62,76)(H,63,75)(H,64,80)(H,65,78)(H,66,73)(H,71,72). The van der Waals surface area contributed by atoms with Crippen LogP contribution < -0.4 is 47.9 Å². The normalized spacial score (nSPS) is 23.9. The Hall–Kier alpha value is -5.95. The van der Waals surface area contributed by atoms with E-state index in [4.69, 9.17) is 4.74 Å². The van der Waals surface area contributed by atoms with Gasteiger partial charge in [0.05, 0.1) is 25.7 Å². The summed E-state index contributed by atoms with van der Waals surface area (Å²) in [5, 5.41) is 63.9. The monoisotopic (exact) mass is 1170 g/mol. The molecule has 13 unspecified atom stereocenters. The number of esters is 1. The number of ether oxygens (including phenoxy) is 1. The van der Waals surface area contributed by atoms with E-state index in [0.717, 1.165) is 38.5 Å². The van der Waals surface area contributed by atoms with Gasteiger partial charge in [0.1, 0.15) is 60.5 Å². The van der Waals surface area contributed by atoms with E-state index in [2.05, 4.69) is 54.8 Å². The highest BCUT2D eigenvalue weighted by Gasteiger charge is 2.41. The summed E-state index contributed by atoms with van der Waals surface area (Å²) in [6.07, 6.45) is 3.74. The molecule has 25 nitrogen and oxygen atoms in total. The summed E-state index contributed by atoms with van der Waals surface area (Å²) in [4.78, 5) is 153. The summed E-state index contributed by atoms with van der Waals surface area (Å²) in [6, 6.07) is -14.1. The second-order valence-electron chi connectivity index (χ2n) is 23.3. The Balaban J connectivity index is 3.98. The maximum Gasteiger partial charge on any atom is 0.329 e. The minimum Gasteiger partial charge on any atom is -0.481 e. The van der Waals surface area contributed by atoms with Crippen molar-refractivity contribution in [1.82, 2.24) is 47.9 Å². The molecule has 0 spiro atoms. The van der Waals surface area contributed by atoms with Crippen LogP contribution in [0, 0.1) is 29.6 Å². The minimum absolute atomic E-state index is 0.00953. The van der Waals surface area contributed by atoms with Crippen LogP contribution in [0.1, 0.15) is 186 Å². The molecular formula is C57H101N9O16. The number of carbonyl (C=O) groups excluding carboxylic acids is 10. The van der Waals surface area contributed by atoms with Crippen molar-refractivity contribution in [3.8, 4) is 0 Å². The number of amides is 9. The van der Waals surface area contributed by atoms with E-state index in [-0.39, 0.29) is 56.3 Å². The zero-order valence-electron chi connectivity index (χ0n) is 50.7. The van der Waals surface area contributed by atoms with E-state index in [1.807, 2.05) is 0 Å². The number of cyclic esters (lactones) is 1. The van der Waals surface area contributed by atoms with Crippen molar-refractivity contribution in [2.24, 2.45) is 29.6 Å². The van der Waals surface area contributed by atoms with Gasteiger partial charge in [-0.3, -0.25) is 47.9 Å². The lowest BCUT2D eigenvalue weighted by molar-refractivity contribution is -0.158. The van der Waals surface area contributed by atoms with Crippen LogP contribution in [0.15, 0.2) is 0 Å². The topological polar surface area (TPSA) is 386 Å². The van der Waals surface area contributed by atoms with E-state index in [0.29, 0.717) is 12.8 Å². The van der Waals surface area contributed by atoms with Gasteiger partial charge in [-0.25, -0.2) is 4.79 Å². The number of carboxylic acids is 1. The van der Waals surface area contributed by atoms with Gasteiger partial charge in [-0.2, -0.15) is 0 Å². The molecule has 1 saturated heterocycles.